The first kappa shape index (κ1) is 13.1. The van der Waals surface area contributed by atoms with Gasteiger partial charge in [0.25, 0.3) is 0 Å². The van der Waals surface area contributed by atoms with E-state index in [0.29, 0.717) is 6.61 Å². The number of ether oxygens (including phenoxy) is 1. The minimum absolute atomic E-state index is 0.213. The third-order valence-corrected chi connectivity index (χ3v) is 2.66. The smallest absolute Gasteiger partial charge is 0.313 e. The summed E-state index contributed by atoms with van der Waals surface area (Å²) >= 11 is 0. The number of H-pyrrole nitrogens is 1. The van der Waals surface area contributed by atoms with Crippen LogP contribution in [0.1, 0.15) is 18.9 Å². The van der Waals surface area contributed by atoms with Crippen LogP contribution in [-0.4, -0.2) is 23.3 Å². The summed E-state index contributed by atoms with van der Waals surface area (Å²) in [6.07, 6.45) is 4.75. The lowest BCUT2D eigenvalue weighted by atomic mass is 10.1. The zero-order chi connectivity index (χ0) is 13.7. The molecule has 0 atom stereocenters. The second-order valence-electron chi connectivity index (χ2n) is 4.11. The Morgan fingerprint density at radius 1 is 1.32 bits per heavy atom. The fourth-order valence-electron chi connectivity index (χ4n) is 1.77. The molecule has 1 N–H and O–H groups in total. The summed E-state index contributed by atoms with van der Waals surface area (Å²) in [6, 6.07) is 7.82. The molecule has 4 nitrogen and oxygen atoms in total. The number of carbonyl (C=O) groups excluding carboxylic acids is 2. The predicted octanol–water partition coefficient (Wildman–Crippen LogP) is 2.70. The Morgan fingerprint density at radius 3 is 2.95 bits per heavy atom. The van der Waals surface area contributed by atoms with E-state index in [2.05, 4.69) is 4.98 Å². The number of rotatable bonds is 5. The van der Waals surface area contributed by atoms with Crippen LogP contribution in [0.5, 0.6) is 0 Å². The molecule has 0 radical (unpaired) electrons. The number of benzene rings is 1. The van der Waals surface area contributed by atoms with Crippen molar-refractivity contribution in [3.63, 3.8) is 0 Å². The van der Waals surface area contributed by atoms with E-state index in [1.165, 1.54) is 6.08 Å². The molecule has 0 bridgehead atoms. The maximum atomic E-state index is 11.5. The van der Waals surface area contributed by atoms with Crippen LogP contribution in [0, 0.1) is 0 Å². The number of fused-ring (bicyclic) bond motifs is 1. The summed E-state index contributed by atoms with van der Waals surface area (Å²) in [6.45, 7) is 2.00. The van der Waals surface area contributed by atoms with E-state index in [9.17, 15) is 9.59 Å². The van der Waals surface area contributed by atoms with Crippen molar-refractivity contribution in [2.75, 3.05) is 6.61 Å². The third kappa shape index (κ3) is 3.55. The molecule has 0 saturated heterocycles. The number of aromatic amines is 1. The summed E-state index contributed by atoms with van der Waals surface area (Å²) in [5, 5.41) is 1.12. The summed E-state index contributed by atoms with van der Waals surface area (Å²) in [7, 11) is 0. The van der Waals surface area contributed by atoms with Crippen LogP contribution in [0.2, 0.25) is 0 Å². The van der Waals surface area contributed by atoms with Crippen molar-refractivity contribution in [2.45, 2.75) is 13.3 Å². The largest absolute Gasteiger partial charge is 0.466 e. The molecule has 1 heterocycles. The van der Waals surface area contributed by atoms with Crippen molar-refractivity contribution in [3.8, 4) is 0 Å². The lowest BCUT2D eigenvalue weighted by molar-refractivity contribution is -0.144. The Morgan fingerprint density at radius 2 is 2.16 bits per heavy atom. The molecule has 0 spiro atoms. The molecule has 19 heavy (non-hydrogen) atoms. The van der Waals surface area contributed by atoms with Crippen LogP contribution in [0.4, 0.5) is 0 Å². The number of aromatic nitrogens is 1. The molecule has 4 heteroatoms. The highest BCUT2D eigenvalue weighted by Crippen LogP contribution is 2.15. The van der Waals surface area contributed by atoms with Crippen molar-refractivity contribution in [1.82, 2.24) is 4.98 Å². The highest BCUT2D eigenvalue weighted by atomic mass is 16.5. The minimum Gasteiger partial charge on any atom is -0.466 e. The van der Waals surface area contributed by atoms with E-state index in [4.69, 9.17) is 4.74 Å². The van der Waals surface area contributed by atoms with Crippen molar-refractivity contribution >= 4 is 28.7 Å². The number of hydrogen-bond acceptors (Lipinski definition) is 3. The first-order valence-corrected chi connectivity index (χ1v) is 6.12. The lowest BCUT2D eigenvalue weighted by Crippen LogP contribution is -2.08. The average Bonchev–Trinajstić information content (AvgIpc) is 2.83. The number of hydrogen-bond donors (Lipinski definition) is 1. The lowest BCUT2D eigenvalue weighted by Gasteiger charge is -1.98. The minimum atomic E-state index is -0.489. The molecule has 2 aromatic rings. The molecule has 1 aromatic carbocycles. The molecule has 0 saturated carbocycles. The van der Waals surface area contributed by atoms with Gasteiger partial charge in [0.15, 0.2) is 5.78 Å². The summed E-state index contributed by atoms with van der Waals surface area (Å²) in [5.41, 5.74) is 1.92. The first-order valence-electron chi connectivity index (χ1n) is 6.12. The number of esters is 1. The molecule has 0 aliphatic rings. The second kappa shape index (κ2) is 6.00. The molecular formula is C15H15NO3. The van der Waals surface area contributed by atoms with E-state index >= 15 is 0 Å². The Labute approximate surface area is 111 Å². The van der Waals surface area contributed by atoms with E-state index in [1.807, 2.05) is 30.5 Å². The topological polar surface area (TPSA) is 59.2 Å². The molecule has 1 aromatic heterocycles. The van der Waals surface area contributed by atoms with Gasteiger partial charge in [0.1, 0.15) is 6.42 Å². The standard InChI is InChI=1S/C15H15NO3/c1-2-19-15(18)10-13(17)6-4-11-3-5-12-7-8-16-14(12)9-11/h3-9,16H,2,10H2,1H3. The number of nitrogens with one attached hydrogen (secondary N) is 1. The van der Waals surface area contributed by atoms with Crippen molar-refractivity contribution in [2.24, 2.45) is 0 Å². The van der Waals surface area contributed by atoms with Crippen LogP contribution in [0.15, 0.2) is 36.5 Å². The predicted molar refractivity (Wildman–Crippen MR) is 73.6 cm³/mol. The molecule has 2 rings (SSSR count). The van der Waals surface area contributed by atoms with Gasteiger partial charge in [-0.2, -0.15) is 0 Å². The Kier molecular flexibility index (Phi) is 4.13. The van der Waals surface area contributed by atoms with Crippen molar-refractivity contribution in [3.05, 3.63) is 42.1 Å². The van der Waals surface area contributed by atoms with Crippen LogP contribution in [0.25, 0.3) is 17.0 Å². The second-order valence-corrected chi connectivity index (χ2v) is 4.11. The molecule has 0 aliphatic heterocycles. The van der Waals surface area contributed by atoms with Gasteiger partial charge in [-0.3, -0.25) is 9.59 Å². The van der Waals surface area contributed by atoms with Gasteiger partial charge in [-0.15, -0.1) is 0 Å². The fraction of sp³-hybridized carbons (Fsp3) is 0.200. The highest BCUT2D eigenvalue weighted by Gasteiger charge is 2.06. The molecular weight excluding hydrogens is 242 g/mol. The summed E-state index contributed by atoms with van der Waals surface area (Å²) in [5.74, 6) is -0.748. The molecule has 98 valence electrons. The van der Waals surface area contributed by atoms with Gasteiger partial charge in [0.05, 0.1) is 6.61 Å². The zero-order valence-corrected chi connectivity index (χ0v) is 10.7. The van der Waals surface area contributed by atoms with Crippen LogP contribution >= 0.6 is 0 Å². The van der Waals surface area contributed by atoms with Gasteiger partial charge < -0.3 is 9.72 Å². The van der Waals surface area contributed by atoms with Crippen LogP contribution in [0.3, 0.4) is 0 Å². The Bertz CT molecular complexity index is 625. The van der Waals surface area contributed by atoms with Gasteiger partial charge in [0, 0.05) is 11.7 Å². The van der Waals surface area contributed by atoms with E-state index in [1.54, 1.807) is 13.0 Å². The molecule has 0 unspecified atom stereocenters. The third-order valence-electron chi connectivity index (χ3n) is 2.66. The normalized spacial score (nSPS) is 11.0. The number of allylic oxidation sites excluding steroid dienone is 1. The van der Waals surface area contributed by atoms with E-state index in [-0.39, 0.29) is 12.2 Å². The first-order chi connectivity index (χ1) is 9.19. The van der Waals surface area contributed by atoms with Crippen molar-refractivity contribution < 1.29 is 14.3 Å². The Balaban J connectivity index is 2.01. The maximum Gasteiger partial charge on any atom is 0.313 e. The molecule has 0 fully saturated rings. The van der Waals surface area contributed by atoms with Crippen LogP contribution in [-0.2, 0) is 14.3 Å². The van der Waals surface area contributed by atoms with Gasteiger partial charge in [-0.1, -0.05) is 18.2 Å². The zero-order valence-electron chi connectivity index (χ0n) is 10.7. The van der Waals surface area contributed by atoms with E-state index in [0.717, 1.165) is 16.5 Å². The number of carbonyl (C=O) groups is 2. The fourth-order valence-corrected chi connectivity index (χ4v) is 1.77. The van der Waals surface area contributed by atoms with Gasteiger partial charge in [-0.05, 0) is 36.1 Å². The Hall–Kier alpha value is -2.36. The van der Waals surface area contributed by atoms with E-state index < -0.39 is 5.97 Å². The SMILES string of the molecule is CCOC(=O)CC(=O)C=Cc1ccc2cc[nH]c2c1. The highest BCUT2D eigenvalue weighted by molar-refractivity contribution is 6.04. The van der Waals surface area contributed by atoms with Crippen molar-refractivity contribution in [1.29, 1.82) is 0 Å². The molecule has 0 amide bonds. The molecule has 0 aliphatic carbocycles. The van der Waals surface area contributed by atoms with Gasteiger partial charge >= 0.3 is 5.97 Å². The van der Waals surface area contributed by atoms with Gasteiger partial charge in [0.2, 0.25) is 0 Å². The average molecular weight is 257 g/mol. The van der Waals surface area contributed by atoms with Crippen LogP contribution < -0.4 is 0 Å². The van der Waals surface area contributed by atoms with Gasteiger partial charge in [-0.25, -0.2) is 0 Å². The number of ketones is 1. The quantitative estimate of drug-likeness (QED) is 0.509. The summed E-state index contributed by atoms with van der Waals surface area (Å²) < 4.78 is 4.71. The monoisotopic (exact) mass is 257 g/mol. The maximum absolute atomic E-state index is 11.5. The summed E-state index contributed by atoms with van der Waals surface area (Å²) in [4.78, 5) is 25.7.